The highest BCUT2D eigenvalue weighted by atomic mass is 19.1. The molecule has 0 aliphatic carbocycles. The quantitative estimate of drug-likeness (QED) is 0.545. The van der Waals surface area contributed by atoms with Crippen molar-refractivity contribution in [1.82, 2.24) is 0 Å². The number of hydrogen-bond acceptors (Lipinski definition) is 6. The number of benzene rings is 3. The Morgan fingerprint density at radius 1 is 0.758 bits per heavy atom. The second-order valence-electron chi connectivity index (χ2n) is 7.10. The molecule has 2 amide bonds. The third kappa shape index (κ3) is 4.10. The van der Waals surface area contributed by atoms with Crippen molar-refractivity contribution in [3.63, 3.8) is 0 Å². The minimum atomic E-state index is -0.563. The van der Waals surface area contributed by atoms with Gasteiger partial charge in [-0.3, -0.25) is 9.59 Å². The number of hydrogen-bond donors (Lipinski definition) is 1. The van der Waals surface area contributed by atoms with Crippen molar-refractivity contribution < 1.29 is 28.2 Å². The summed E-state index contributed by atoms with van der Waals surface area (Å²) >= 11 is 0. The van der Waals surface area contributed by atoms with E-state index in [1.165, 1.54) is 38.5 Å². The Morgan fingerprint density at radius 2 is 1.42 bits per heavy atom. The van der Waals surface area contributed by atoms with Gasteiger partial charge in [0.25, 0.3) is 11.8 Å². The topological polar surface area (TPSA) is 77.1 Å². The zero-order valence-corrected chi connectivity index (χ0v) is 18.2. The van der Waals surface area contributed by atoms with Crippen molar-refractivity contribution in [2.24, 2.45) is 0 Å². The minimum absolute atomic E-state index is 0.0849. The maximum absolute atomic E-state index is 13.4. The molecule has 0 saturated heterocycles. The van der Waals surface area contributed by atoms with Gasteiger partial charge in [-0.05, 0) is 54.1 Å². The fourth-order valence-electron chi connectivity index (χ4n) is 3.55. The number of rotatable bonds is 7. The van der Waals surface area contributed by atoms with Gasteiger partial charge in [0, 0.05) is 11.8 Å². The molecule has 1 heterocycles. The van der Waals surface area contributed by atoms with Crippen LogP contribution in [0.15, 0.2) is 72.4 Å². The van der Waals surface area contributed by atoms with Crippen LogP contribution in [0, 0.1) is 5.82 Å². The van der Waals surface area contributed by atoms with Crippen LogP contribution in [0.4, 0.5) is 15.8 Å². The van der Waals surface area contributed by atoms with Crippen LogP contribution in [0.25, 0.3) is 5.57 Å². The average Bonchev–Trinajstić information content (AvgIpc) is 3.08. The lowest BCUT2D eigenvalue weighted by molar-refractivity contribution is -0.120. The summed E-state index contributed by atoms with van der Waals surface area (Å²) in [6, 6.07) is 17.0. The van der Waals surface area contributed by atoms with Crippen LogP contribution < -0.4 is 24.4 Å². The van der Waals surface area contributed by atoms with E-state index in [9.17, 15) is 14.0 Å². The van der Waals surface area contributed by atoms with Gasteiger partial charge in [0.05, 0.1) is 32.6 Å². The number of nitrogens with one attached hydrogen (secondary N) is 1. The zero-order valence-electron chi connectivity index (χ0n) is 18.2. The number of methoxy groups -OCH3 is 3. The number of amides is 2. The van der Waals surface area contributed by atoms with Gasteiger partial charge in [-0.2, -0.15) is 0 Å². The highest BCUT2D eigenvalue weighted by Crippen LogP contribution is 2.36. The Balaban J connectivity index is 1.80. The number of halogens is 1. The van der Waals surface area contributed by atoms with Crippen LogP contribution in [-0.4, -0.2) is 33.1 Å². The third-order valence-corrected chi connectivity index (χ3v) is 5.20. The molecule has 0 spiro atoms. The van der Waals surface area contributed by atoms with Crippen molar-refractivity contribution >= 4 is 28.8 Å². The Hall–Kier alpha value is -4.33. The smallest absolute Gasteiger partial charge is 0.282 e. The summed E-state index contributed by atoms with van der Waals surface area (Å²) in [6.45, 7) is 0. The zero-order chi connectivity index (χ0) is 23.5. The molecule has 0 aromatic heterocycles. The molecule has 0 bridgehead atoms. The van der Waals surface area contributed by atoms with E-state index in [0.717, 1.165) is 4.90 Å². The van der Waals surface area contributed by atoms with Gasteiger partial charge in [0.15, 0.2) is 11.5 Å². The maximum atomic E-state index is 13.4. The number of imide groups is 1. The van der Waals surface area contributed by atoms with Crippen LogP contribution in [-0.2, 0) is 9.59 Å². The number of nitrogens with zero attached hydrogens (tertiary/aromatic N) is 1. The van der Waals surface area contributed by atoms with Crippen molar-refractivity contribution in [2.75, 3.05) is 31.5 Å². The standard InChI is InChI=1S/C25H21FN2O5/c1-31-19-11-4-15(5-12-19)22-23(27-17-8-13-20(32-2)21(14-17)33-3)25(30)28(24(22)29)18-9-6-16(26)7-10-18/h4-14,27H,1-3H3. The summed E-state index contributed by atoms with van der Waals surface area (Å²) in [6.07, 6.45) is 0. The summed E-state index contributed by atoms with van der Waals surface area (Å²) < 4.78 is 29.2. The van der Waals surface area contributed by atoms with E-state index in [4.69, 9.17) is 14.2 Å². The van der Waals surface area contributed by atoms with Crippen molar-refractivity contribution in [2.45, 2.75) is 0 Å². The van der Waals surface area contributed by atoms with Crippen LogP contribution in [0.2, 0.25) is 0 Å². The maximum Gasteiger partial charge on any atom is 0.282 e. The van der Waals surface area contributed by atoms with Gasteiger partial charge in [-0.15, -0.1) is 0 Å². The van der Waals surface area contributed by atoms with Crippen LogP contribution in [0.3, 0.4) is 0 Å². The molecule has 7 nitrogen and oxygen atoms in total. The lowest BCUT2D eigenvalue weighted by atomic mass is 10.0. The molecule has 4 rings (SSSR count). The molecule has 168 valence electrons. The van der Waals surface area contributed by atoms with Gasteiger partial charge in [0.1, 0.15) is 17.3 Å². The molecule has 1 aliphatic rings. The monoisotopic (exact) mass is 448 g/mol. The molecule has 8 heteroatoms. The fourth-order valence-corrected chi connectivity index (χ4v) is 3.55. The molecule has 1 N–H and O–H groups in total. The molecule has 33 heavy (non-hydrogen) atoms. The fraction of sp³-hybridized carbons (Fsp3) is 0.120. The summed E-state index contributed by atoms with van der Waals surface area (Å²) in [4.78, 5) is 27.8. The average molecular weight is 448 g/mol. The molecule has 0 radical (unpaired) electrons. The second-order valence-corrected chi connectivity index (χ2v) is 7.10. The van der Waals surface area contributed by atoms with Crippen molar-refractivity contribution in [3.8, 4) is 17.2 Å². The normalized spacial score (nSPS) is 13.4. The summed E-state index contributed by atoms with van der Waals surface area (Å²) in [5.74, 6) is 0.0353. The Bertz CT molecular complexity index is 1240. The van der Waals surface area contributed by atoms with E-state index in [2.05, 4.69) is 5.32 Å². The Labute approximate surface area is 190 Å². The number of anilines is 2. The van der Waals surface area contributed by atoms with Crippen molar-refractivity contribution in [3.05, 3.63) is 83.8 Å². The first kappa shape index (κ1) is 21.9. The number of carbonyl (C=O) groups excluding carboxylic acids is 2. The molecule has 0 atom stereocenters. The highest BCUT2D eigenvalue weighted by Gasteiger charge is 2.40. The second kappa shape index (κ2) is 9.04. The summed E-state index contributed by atoms with van der Waals surface area (Å²) in [5, 5.41) is 3.06. The van der Waals surface area contributed by atoms with Gasteiger partial charge in [-0.25, -0.2) is 9.29 Å². The van der Waals surface area contributed by atoms with Gasteiger partial charge in [0.2, 0.25) is 0 Å². The molecule has 0 unspecified atom stereocenters. The highest BCUT2D eigenvalue weighted by molar-refractivity contribution is 6.46. The predicted molar refractivity (Wildman–Crippen MR) is 122 cm³/mol. The molecule has 3 aromatic carbocycles. The van der Waals surface area contributed by atoms with E-state index >= 15 is 0 Å². The molecular formula is C25H21FN2O5. The van der Waals surface area contributed by atoms with Gasteiger partial charge >= 0.3 is 0 Å². The third-order valence-electron chi connectivity index (χ3n) is 5.20. The van der Waals surface area contributed by atoms with Gasteiger partial charge < -0.3 is 19.5 Å². The first-order valence-electron chi connectivity index (χ1n) is 9.99. The molecule has 1 aliphatic heterocycles. The predicted octanol–water partition coefficient (Wildman–Crippen LogP) is 4.25. The Kier molecular flexibility index (Phi) is 5.99. The minimum Gasteiger partial charge on any atom is -0.497 e. The van der Waals surface area contributed by atoms with Crippen LogP contribution in [0.5, 0.6) is 17.2 Å². The van der Waals surface area contributed by atoms with Crippen LogP contribution >= 0.6 is 0 Å². The van der Waals surface area contributed by atoms with E-state index in [1.807, 2.05) is 0 Å². The van der Waals surface area contributed by atoms with Crippen molar-refractivity contribution in [1.29, 1.82) is 0 Å². The summed E-state index contributed by atoms with van der Waals surface area (Å²) in [7, 11) is 4.57. The van der Waals surface area contributed by atoms with Crippen LogP contribution in [0.1, 0.15) is 5.56 Å². The molecule has 3 aromatic rings. The van der Waals surface area contributed by atoms with Gasteiger partial charge in [-0.1, -0.05) is 12.1 Å². The lowest BCUT2D eigenvalue weighted by Crippen LogP contribution is -2.32. The molecular weight excluding hydrogens is 427 g/mol. The van der Waals surface area contributed by atoms with E-state index in [0.29, 0.717) is 28.5 Å². The first-order valence-corrected chi connectivity index (χ1v) is 9.99. The first-order chi connectivity index (χ1) is 16.0. The molecule has 0 saturated carbocycles. The Morgan fingerprint density at radius 3 is 2.03 bits per heavy atom. The number of ether oxygens (including phenoxy) is 3. The number of carbonyl (C=O) groups is 2. The van der Waals surface area contributed by atoms with E-state index < -0.39 is 17.6 Å². The van der Waals surface area contributed by atoms with E-state index in [-0.39, 0.29) is 17.0 Å². The molecule has 0 fully saturated rings. The SMILES string of the molecule is COc1ccc(C2=C(Nc3ccc(OC)c(OC)c3)C(=O)N(c3ccc(F)cc3)C2=O)cc1. The summed E-state index contributed by atoms with van der Waals surface area (Å²) in [5.41, 5.74) is 1.59. The lowest BCUT2D eigenvalue weighted by Gasteiger charge is -2.15. The van der Waals surface area contributed by atoms with E-state index in [1.54, 1.807) is 49.6 Å². The largest absolute Gasteiger partial charge is 0.497 e.